The third-order valence-corrected chi connectivity index (χ3v) is 10.6. The summed E-state index contributed by atoms with van der Waals surface area (Å²) in [6.07, 6.45) is 62.0. The smallest absolute Gasteiger partial charge is 0.306 e. The highest BCUT2D eigenvalue weighted by atomic mass is 16.7. The molecule has 0 spiro atoms. The first-order chi connectivity index (χ1) is 32.4. The van der Waals surface area contributed by atoms with Gasteiger partial charge in [-0.3, -0.25) is 4.79 Å². The van der Waals surface area contributed by atoms with Crippen LogP contribution in [0.4, 0.5) is 0 Å². The summed E-state index contributed by atoms with van der Waals surface area (Å²) in [7, 11) is 0. The van der Waals surface area contributed by atoms with Crippen molar-refractivity contribution >= 4 is 5.97 Å². The van der Waals surface area contributed by atoms with Gasteiger partial charge in [-0.25, -0.2) is 0 Å². The summed E-state index contributed by atoms with van der Waals surface area (Å²) in [6, 6.07) is 0. The summed E-state index contributed by atoms with van der Waals surface area (Å²) in [4.78, 5) is 12.8. The van der Waals surface area contributed by atoms with Crippen molar-refractivity contribution < 1.29 is 44.2 Å². The molecule has 0 amide bonds. The van der Waals surface area contributed by atoms with Crippen LogP contribution in [-0.2, 0) is 23.7 Å². The molecule has 1 aliphatic rings. The number of esters is 1. The van der Waals surface area contributed by atoms with Crippen LogP contribution in [0.1, 0.15) is 155 Å². The molecule has 0 radical (unpaired) electrons. The molecular weight excluding hydrogens is 829 g/mol. The molecule has 0 saturated carbocycles. The van der Waals surface area contributed by atoms with Crippen LogP contribution in [0.5, 0.6) is 0 Å². The first-order valence-corrected chi connectivity index (χ1v) is 25.3. The Labute approximate surface area is 400 Å². The first kappa shape index (κ1) is 60.3. The lowest BCUT2D eigenvalue weighted by molar-refractivity contribution is -0.305. The minimum absolute atomic E-state index is 0.0982. The van der Waals surface area contributed by atoms with Crippen molar-refractivity contribution in [3.05, 3.63) is 134 Å². The largest absolute Gasteiger partial charge is 0.457 e. The molecule has 9 nitrogen and oxygen atoms in total. The van der Waals surface area contributed by atoms with Gasteiger partial charge in [0.2, 0.25) is 0 Å². The third kappa shape index (κ3) is 36.4. The fourth-order valence-electron chi connectivity index (χ4n) is 6.70. The van der Waals surface area contributed by atoms with E-state index in [1.54, 1.807) is 0 Å². The van der Waals surface area contributed by atoms with Crippen molar-refractivity contribution in [1.82, 2.24) is 0 Å². The van der Waals surface area contributed by atoms with E-state index in [-0.39, 0.29) is 25.6 Å². The lowest BCUT2D eigenvalue weighted by atomic mass is 9.99. The fourth-order valence-corrected chi connectivity index (χ4v) is 6.70. The van der Waals surface area contributed by atoms with Gasteiger partial charge >= 0.3 is 5.97 Å². The Morgan fingerprint density at radius 2 is 0.879 bits per heavy atom. The molecule has 0 aromatic rings. The molecule has 4 N–H and O–H groups in total. The summed E-state index contributed by atoms with van der Waals surface area (Å²) in [6.45, 7) is 4.17. The van der Waals surface area contributed by atoms with E-state index in [4.69, 9.17) is 18.9 Å². The van der Waals surface area contributed by atoms with Crippen LogP contribution in [-0.4, -0.2) is 89.6 Å². The lowest BCUT2D eigenvalue weighted by Crippen LogP contribution is -2.59. The highest BCUT2D eigenvalue weighted by Crippen LogP contribution is 2.22. The number of rotatable bonds is 41. The van der Waals surface area contributed by atoms with E-state index in [0.29, 0.717) is 6.61 Å². The second-order valence-corrected chi connectivity index (χ2v) is 16.5. The Kier molecular flexibility index (Phi) is 42.5. The van der Waals surface area contributed by atoms with Gasteiger partial charge in [-0.2, -0.15) is 0 Å². The maximum absolute atomic E-state index is 12.8. The molecule has 372 valence electrons. The second-order valence-electron chi connectivity index (χ2n) is 16.5. The zero-order valence-electron chi connectivity index (χ0n) is 40.9. The van der Waals surface area contributed by atoms with Crippen molar-refractivity contribution in [3.8, 4) is 0 Å². The Hall–Kier alpha value is -3.67. The van der Waals surface area contributed by atoms with Crippen molar-refractivity contribution in [3.63, 3.8) is 0 Å². The number of aliphatic hydroxyl groups is 4. The minimum atomic E-state index is -1.56. The SMILES string of the molecule is CC/C=C\C/C=C\C/C=C\C/C=C\C/C=C\C/C=C\C/C=C\CCCCOCC(COC1OC(CO)C(O)C(O)C1O)OC(=O)CCCCCCCC/C=C\C/C=C\C/C=C\C/C=C\CC. The Morgan fingerprint density at radius 1 is 0.485 bits per heavy atom. The zero-order chi connectivity index (χ0) is 47.8. The molecule has 1 heterocycles. The minimum Gasteiger partial charge on any atom is -0.457 e. The summed E-state index contributed by atoms with van der Waals surface area (Å²) in [5, 5.41) is 40.2. The number of hydrogen-bond donors (Lipinski definition) is 4. The van der Waals surface area contributed by atoms with Crippen molar-refractivity contribution in [2.24, 2.45) is 0 Å². The average Bonchev–Trinajstić information content (AvgIpc) is 3.32. The molecule has 0 bridgehead atoms. The normalized spacial score (nSPS) is 20.5. The molecule has 0 aromatic heterocycles. The summed E-state index contributed by atoms with van der Waals surface area (Å²) in [5.41, 5.74) is 0. The topological polar surface area (TPSA) is 135 Å². The van der Waals surface area contributed by atoms with Crippen LogP contribution in [0.25, 0.3) is 0 Å². The van der Waals surface area contributed by atoms with E-state index in [2.05, 4.69) is 148 Å². The first-order valence-electron chi connectivity index (χ1n) is 25.3. The zero-order valence-corrected chi connectivity index (χ0v) is 40.9. The summed E-state index contributed by atoms with van der Waals surface area (Å²) in [5.74, 6) is -0.350. The van der Waals surface area contributed by atoms with Crippen LogP contribution in [0, 0.1) is 0 Å². The maximum atomic E-state index is 12.8. The molecule has 9 heteroatoms. The van der Waals surface area contributed by atoms with Gasteiger partial charge in [0.1, 0.15) is 30.5 Å². The van der Waals surface area contributed by atoms with Gasteiger partial charge in [0.15, 0.2) is 6.29 Å². The Bertz CT molecular complexity index is 1460. The van der Waals surface area contributed by atoms with Gasteiger partial charge in [-0.15, -0.1) is 0 Å². The van der Waals surface area contributed by atoms with E-state index in [1.165, 1.54) is 0 Å². The number of ether oxygens (including phenoxy) is 4. The highest BCUT2D eigenvalue weighted by Gasteiger charge is 2.44. The maximum Gasteiger partial charge on any atom is 0.306 e. The predicted octanol–water partition coefficient (Wildman–Crippen LogP) is 12.5. The monoisotopic (exact) mass is 919 g/mol. The fraction of sp³-hybridized carbons (Fsp3) is 0.596. The summed E-state index contributed by atoms with van der Waals surface area (Å²) >= 11 is 0. The van der Waals surface area contributed by atoms with E-state index in [1.807, 2.05) is 0 Å². The van der Waals surface area contributed by atoms with Gasteiger partial charge in [-0.1, -0.05) is 173 Å². The van der Waals surface area contributed by atoms with E-state index in [9.17, 15) is 25.2 Å². The predicted molar refractivity (Wildman–Crippen MR) is 274 cm³/mol. The quantitative estimate of drug-likeness (QED) is 0.0269. The number of carbonyl (C=O) groups is 1. The van der Waals surface area contributed by atoms with Crippen molar-refractivity contribution in [1.29, 1.82) is 0 Å². The number of aliphatic hydroxyl groups excluding tert-OH is 4. The molecule has 6 unspecified atom stereocenters. The lowest BCUT2D eigenvalue weighted by Gasteiger charge is -2.39. The van der Waals surface area contributed by atoms with Crippen LogP contribution in [0.3, 0.4) is 0 Å². The second kappa shape index (κ2) is 46.4. The Balaban J connectivity index is 2.29. The van der Waals surface area contributed by atoms with Crippen LogP contribution in [0.2, 0.25) is 0 Å². The number of unbranched alkanes of at least 4 members (excludes halogenated alkanes) is 8. The van der Waals surface area contributed by atoms with Gasteiger partial charge < -0.3 is 39.4 Å². The molecular formula is C57H90O9. The Morgan fingerprint density at radius 3 is 1.32 bits per heavy atom. The van der Waals surface area contributed by atoms with Gasteiger partial charge in [0.05, 0.1) is 19.8 Å². The van der Waals surface area contributed by atoms with Crippen LogP contribution in [0.15, 0.2) is 134 Å². The van der Waals surface area contributed by atoms with E-state index in [0.717, 1.165) is 135 Å². The molecule has 0 aromatic carbocycles. The van der Waals surface area contributed by atoms with Crippen LogP contribution >= 0.6 is 0 Å². The van der Waals surface area contributed by atoms with Gasteiger partial charge in [-0.05, 0) is 109 Å². The number of allylic oxidation sites excluding steroid dienone is 22. The van der Waals surface area contributed by atoms with Gasteiger partial charge in [0, 0.05) is 13.0 Å². The molecule has 1 rings (SSSR count). The molecule has 1 aliphatic heterocycles. The third-order valence-electron chi connectivity index (χ3n) is 10.6. The van der Waals surface area contributed by atoms with Gasteiger partial charge in [0.25, 0.3) is 0 Å². The molecule has 1 saturated heterocycles. The molecule has 0 aliphatic carbocycles. The van der Waals surface area contributed by atoms with E-state index >= 15 is 0 Å². The molecule has 6 atom stereocenters. The standard InChI is InChI=1S/C57H90O9/c1-3-5-7-9-11-13-15-17-19-21-23-24-25-26-27-29-31-33-35-37-39-41-43-45-47-63-49-51(50-64-57-56(62)55(61)54(60)52(48-58)66-57)65-53(59)46-44-42-40-38-36-34-32-30-28-22-20-18-16-14-12-10-8-6-4-2/h5-8,11-14,17-20,23-24,26-28,30-31,33,37,39,51-52,54-58,60-62H,3-4,9-10,15-16,21-22,25,29,32,34-36,38,40-50H2,1-2H3/b7-5-,8-6-,13-11-,14-12-,19-17-,20-18-,24-23-,27-26-,30-28-,33-31-,39-37-. The highest BCUT2D eigenvalue weighted by molar-refractivity contribution is 5.69. The average molecular weight is 919 g/mol. The summed E-state index contributed by atoms with van der Waals surface area (Å²) < 4.78 is 22.8. The molecule has 1 fully saturated rings. The number of hydrogen-bond acceptors (Lipinski definition) is 9. The van der Waals surface area contributed by atoms with Crippen molar-refractivity contribution in [2.75, 3.05) is 26.4 Å². The van der Waals surface area contributed by atoms with Crippen LogP contribution < -0.4 is 0 Å². The molecule has 66 heavy (non-hydrogen) atoms. The number of carbonyl (C=O) groups excluding carboxylic acids is 1. The van der Waals surface area contributed by atoms with Crippen molar-refractivity contribution in [2.45, 2.75) is 192 Å². The van der Waals surface area contributed by atoms with E-state index < -0.39 is 43.4 Å².